The maximum absolute atomic E-state index is 13.5. The molecule has 0 amide bonds. The zero-order chi connectivity index (χ0) is 20.5. The number of allylic oxidation sites excluding steroid dienone is 1. The smallest absolute Gasteiger partial charge is 0.178 e. The Morgan fingerprint density at radius 1 is 1.28 bits per heavy atom. The summed E-state index contributed by atoms with van der Waals surface area (Å²) >= 11 is 0. The van der Waals surface area contributed by atoms with Crippen LogP contribution in [0.1, 0.15) is 30.0 Å². The van der Waals surface area contributed by atoms with Crippen molar-refractivity contribution in [3.63, 3.8) is 0 Å². The summed E-state index contributed by atoms with van der Waals surface area (Å²) in [6, 6.07) is 11.7. The monoisotopic (exact) mass is 391 g/mol. The van der Waals surface area contributed by atoms with Crippen molar-refractivity contribution in [1.82, 2.24) is 30.1 Å². The Morgan fingerprint density at radius 3 is 2.69 bits per heavy atom. The van der Waals surface area contributed by atoms with Gasteiger partial charge in [0.05, 0.1) is 0 Å². The molecular weight excluding hydrogens is 369 g/mol. The van der Waals surface area contributed by atoms with E-state index in [4.69, 9.17) is 4.98 Å². The van der Waals surface area contributed by atoms with Gasteiger partial charge in [-0.05, 0) is 43.7 Å². The lowest BCUT2D eigenvalue weighted by Crippen LogP contribution is -2.25. The molecule has 1 unspecified atom stereocenters. The van der Waals surface area contributed by atoms with E-state index >= 15 is 0 Å². The number of anilines is 2. The minimum absolute atomic E-state index is 0.293. The quantitative estimate of drug-likeness (QED) is 0.522. The molecule has 0 aliphatic carbocycles. The van der Waals surface area contributed by atoms with E-state index in [1.54, 1.807) is 16.6 Å². The average molecular weight is 391 g/mol. The minimum atomic E-state index is -0.382. The highest BCUT2D eigenvalue weighted by Gasteiger charge is 2.22. The van der Waals surface area contributed by atoms with Gasteiger partial charge in [-0.2, -0.15) is 5.10 Å². The van der Waals surface area contributed by atoms with Crippen LogP contribution < -0.4 is 10.2 Å². The lowest BCUT2D eigenvalue weighted by atomic mass is 10.1. The lowest BCUT2D eigenvalue weighted by molar-refractivity contribution is 0.612. The largest absolute Gasteiger partial charge is 0.375 e. The number of aromatic nitrogens is 5. The molecule has 2 N–H and O–H groups in total. The number of hydrogen-bond acceptors (Lipinski definition) is 5. The molecule has 3 heterocycles. The molecule has 0 bridgehead atoms. The molecule has 0 saturated heterocycles. The summed E-state index contributed by atoms with van der Waals surface area (Å²) in [5, 5.41) is 15.3. The molecule has 0 saturated carbocycles. The van der Waals surface area contributed by atoms with Crippen molar-refractivity contribution in [3.05, 3.63) is 83.8 Å². The Kier molecular flexibility index (Phi) is 4.75. The van der Waals surface area contributed by atoms with E-state index in [2.05, 4.69) is 27.2 Å². The molecule has 0 aliphatic rings. The molecule has 4 rings (SSSR count). The molecule has 0 radical (unpaired) electrons. The molecule has 8 heteroatoms. The molecule has 0 fully saturated rings. The van der Waals surface area contributed by atoms with Crippen molar-refractivity contribution in [1.29, 1.82) is 0 Å². The fourth-order valence-corrected chi connectivity index (χ4v) is 3.19. The molecule has 148 valence electrons. The average Bonchev–Trinajstić information content (AvgIpc) is 3.34. The maximum Gasteiger partial charge on any atom is 0.178 e. The van der Waals surface area contributed by atoms with Crippen molar-refractivity contribution < 1.29 is 4.39 Å². The first-order chi connectivity index (χ1) is 13.9. The van der Waals surface area contributed by atoms with E-state index < -0.39 is 0 Å². The van der Waals surface area contributed by atoms with Crippen LogP contribution in [-0.2, 0) is 0 Å². The van der Waals surface area contributed by atoms with Crippen LogP contribution in [0, 0.1) is 12.7 Å². The second-order valence-corrected chi connectivity index (χ2v) is 7.01. The van der Waals surface area contributed by atoms with Gasteiger partial charge < -0.3 is 10.2 Å². The number of nitrogens with zero attached hydrogens (tertiary/aromatic N) is 5. The summed E-state index contributed by atoms with van der Waals surface area (Å²) in [5.74, 6) is 1.71. The summed E-state index contributed by atoms with van der Waals surface area (Å²) in [4.78, 5) is 6.76. The third-order valence-electron chi connectivity index (χ3n) is 4.59. The van der Waals surface area contributed by atoms with Crippen LogP contribution in [0.3, 0.4) is 0 Å². The zero-order valence-electron chi connectivity index (χ0n) is 16.5. The highest BCUT2D eigenvalue weighted by molar-refractivity contribution is 5.73. The highest BCUT2D eigenvalue weighted by atomic mass is 19.1. The number of rotatable bonds is 6. The minimum Gasteiger partial charge on any atom is -0.375 e. The first-order valence-corrected chi connectivity index (χ1v) is 9.21. The topological polar surface area (TPSA) is 74.1 Å². The summed E-state index contributed by atoms with van der Waals surface area (Å²) < 4.78 is 15.2. The van der Waals surface area contributed by atoms with Gasteiger partial charge in [-0.25, -0.2) is 13.9 Å². The summed E-state index contributed by atoms with van der Waals surface area (Å²) in [6.45, 7) is 7.77. The van der Waals surface area contributed by atoms with E-state index in [0.717, 1.165) is 28.3 Å². The van der Waals surface area contributed by atoms with Crippen molar-refractivity contribution in [2.24, 2.45) is 0 Å². The number of benzene rings is 1. The number of nitrogens with one attached hydrogen (secondary N) is 2. The molecule has 0 aliphatic heterocycles. The molecule has 29 heavy (non-hydrogen) atoms. The van der Waals surface area contributed by atoms with Crippen LogP contribution >= 0.6 is 0 Å². The molecule has 3 aromatic heterocycles. The number of H-pyrrole nitrogens is 1. The van der Waals surface area contributed by atoms with Crippen LogP contribution in [0.4, 0.5) is 16.0 Å². The van der Waals surface area contributed by atoms with Crippen molar-refractivity contribution >= 4 is 17.2 Å². The molecule has 7 nitrogen and oxygen atoms in total. The number of aryl methyl sites for hydroxylation is 1. The molecule has 1 aromatic carbocycles. The SMILES string of the molecule is C=C(C)NC(c1ccc(F)cc1)c1nc(N(C)c2cc(C)[nH]n2)c2cccn2n1. The van der Waals surface area contributed by atoms with Crippen LogP contribution in [0.2, 0.25) is 0 Å². The Balaban J connectivity index is 1.85. The molecule has 1 atom stereocenters. The van der Waals surface area contributed by atoms with Gasteiger partial charge >= 0.3 is 0 Å². The van der Waals surface area contributed by atoms with Crippen molar-refractivity contribution in [3.8, 4) is 0 Å². The second-order valence-electron chi connectivity index (χ2n) is 7.01. The van der Waals surface area contributed by atoms with E-state index in [1.165, 1.54) is 12.1 Å². The number of halogens is 1. The fourth-order valence-electron chi connectivity index (χ4n) is 3.19. The Bertz CT molecular complexity index is 1160. The van der Waals surface area contributed by atoms with Crippen molar-refractivity contribution in [2.75, 3.05) is 11.9 Å². The third-order valence-corrected chi connectivity index (χ3v) is 4.59. The Hall–Kier alpha value is -3.68. The van der Waals surface area contributed by atoms with Gasteiger partial charge in [0.2, 0.25) is 0 Å². The number of hydrogen-bond donors (Lipinski definition) is 2. The fraction of sp³-hybridized carbons (Fsp3) is 0.190. The normalized spacial score (nSPS) is 12.1. The third kappa shape index (κ3) is 3.69. The van der Waals surface area contributed by atoms with Gasteiger partial charge in [-0.3, -0.25) is 5.10 Å². The predicted octanol–water partition coefficient (Wildman–Crippen LogP) is 3.88. The predicted molar refractivity (Wildman–Crippen MR) is 111 cm³/mol. The summed E-state index contributed by atoms with van der Waals surface area (Å²) in [5.41, 5.74) is 3.41. The van der Waals surface area contributed by atoms with Gasteiger partial charge in [0.1, 0.15) is 17.4 Å². The van der Waals surface area contributed by atoms with Gasteiger partial charge in [0, 0.05) is 30.7 Å². The highest BCUT2D eigenvalue weighted by Crippen LogP contribution is 2.28. The molecule has 0 spiro atoms. The van der Waals surface area contributed by atoms with Crippen LogP contribution in [-0.4, -0.2) is 31.8 Å². The Labute approximate surface area is 167 Å². The summed E-state index contributed by atoms with van der Waals surface area (Å²) in [6.07, 6.45) is 1.87. The van der Waals surface area contributed by atoms with Gasteiger partial charge in [0.25, 0.3) is 0 Å². The molecule has 4 aromatic rings. The van der Waals surface area contributed by atoms with Gasteiger partial charge in [-0.15, -0.1) is 5.10 Å². The lowest BCUT2D eigenvalue weighted by Gasteiger charge is -2.22. The Morgan fingerprint density at radius 2 is 2.03 bits per heavy atom. The van der Waals surface area contributed by atoms with Crippen molar-refractivity contribution in [2.45, 2.75) is 19.9 Å². The van der Waals surface area contributed by atoms with E-state index in [1.807, 2.05) is 50.2 Å². The molecular formula is C21H22FN7. The van der Waals surface area contributed by atoms with Crippen LogP contribution in [0.25, 0.3) is 5.52 Å². The van der Waals surface area contributed by atoms with Gasteiger partial charge in [0.15, 0.2) is 17.5 Å². The van der Waals surface area contributed by atoms with E-state index in [9.17, 15) is 4.39 Å². The van der Waals surface area contributed by atoms with E-state index in [0.29, 0.717) is 11.6 Å². The number of fused-ring (bicyclic) bond motifs is 1. The maximum atomic E-state index is 13.5. The first-order valence-electron chi connectivity index (χ1n) is 9.21. The zero-order valence-corrected chi connectivity index (χ0v) is 16.5. The summed E-state index contributed by atoms with van der Waals surface area (Å²) in [7, 11) is 1.91. The van der Waals surface area contributed by atoms with Crippen LogP contribution in [0.15, 0.2) is 60.9 Å². The van der Waals surface area contributed by atoms with Gasteiger partial charge in [-0.1, -0.05) is 18.7 Å². The second kappa shape index (κ2) is 7.38. The van der Waals surface area contributed by atoms with E-state index in [-0.39, 0.29) is 11.9 Å². The standard InChI is InChI=1S/C21H22FN7/c1-13(2)23-19(15-7-9-16(22)10-8-15)20-24-21(17-6-5-11-29(17)27-20)28(4)18-12-14(3)25-26-18/h5-12,19,23H,1H2,2-4H3,(H,25,26). The van der Waals surface area contributed by atoms with Crippen LogP contribution in [0.5, 0.6) is 0 Å². The first kappa shape index (κ1) is 18.7. The number of aromatic amines is 1.